The summed E-state index contributed by atoms with van der Waals surface area (Å²) in [5.74, 6) is -2.04. The van der Waals surface area contributed by atoms with Gasteiger partial charge in [-0.15, -0.1) is 5.10 Å². The molecule has 2 N–H and O–H groups in total. The molecule has 0 fully saturated rings. The minimum atomic E-state index is -1.09. The lowest BCUT2D eigenvalue weighted by atomic mass is 9.97. The summed E-state index contributed by atoms with van der Waals surface area (Å²) in [4.78, 5) is 16.1. The molecule has 0 bridgehead atoms. The van der Waals surface area contributed by atoms with E-state index in [0.29, 0.717) is 22.3 Å². The van der Waals surface area contributed by atoms with Crippen molar-refractivity contribution in [2.75, 3.05) is 5.73 Å². The van der Waals surface area contributed by atoms with Crippen LogP contribution < -0.4 is 5.73 Å². The quantitative estimate of drug-likeness (QED) is 0.534. The first-order valence-electron chi connectivity index (χ1n) is 8.56. The van der Waals surface area contributed by atoms with Crippen LogP contribution in [0, 0.1) is 11.6 Å². The molecule has 2 heterocycles. The van der Waals surface area contributed by atoms with E-state index in [4.69, 9.17) is 5.73 Å². The van der Waals surface area contributed by atoms with E-state index in [0.717, 1.165) is 10.7 Å². The molecule has 0 saturated heterocycles. The van der Waals surface area contributed by atoms with Gasteiger partial charge in [0.2, 0.25) is 0 Å². The number of hydrogen-bond acceptors (Lipinski definition) is 6. The number of tetrazole rings is 1. The normalized spacial score (nSPS) is 10.9. The highest BCUT2D eigenvalue weighted by Gasteiger charge is 2.20. The van der Waals surface area contributed by atoms with Gasteiger partial charge in [0.25, 0.3) is 0 Å². The number of nitrogen functional groups attached to an aromatic ring is 1. The van der Waals surface area contributed by atoms with Gasteiger partial charge in [0.1, 0.15) is 11.5 Å². The summed E-state index contributed by atoms with van der Waals surface area (Å²) in [5, 5.41) is 11.2. The summed E-state index contributed by atoms with van der Waals surface area (Å²) in [7, 11) is 0. The number of hydrogen-bond donors (Lipinski definition) is 1. The largest absolute Gasteiger partial charge is 0.383 e. The van der Waals surface area contributed by atoms with Gasteiger partial charge in [-0.2, -0.15) is 4.68 Å². The predicted octanol–water partition coefficient (Wildman–Crippen LogP) is 3.45. The van der Waals surface area contributed by atoms with Crippen LogP contribution in [0.5, 0.6) is 0 Å². The van der Waals surface area contributed by atoms with Crippen molar-refractivity contribution < 1.29 is 13.6 Å². The van der Waals surface area contributed by atoms with Crippen molar-refractivity contribution in [3.63, 3.8) is 0 Å². The number of benzene rings is 2. The van der Waals surface area contributed by atoms with Crippen molar-refractivity contribution in [2.24, 2.45) is 0 Å². The summed E-state index contributed by atoms with van der Waals surface area (Å²) in [5.41, 5.74) is 7.94. The third-order valence-corrected chi connectivity index (χ3v) is 4.41. The monoisotopic (exact) mass is 392 g/mol. The van der Waals surface area contributed by atoms with Gasteiger partial charge in [0, 0.05) is 17.3 Å². The molecule has 0 atom stereocenters. The van der Waals surface area contributed by atoms with Gasteiger partial charge in [0.05, 0.1) is 5.56 Å². The topological polar surface area (TPSA) is 99.6 Å². The molecule has 2 aromatic heterocycles. The van der Waals surface area contributed by atoms with Crippen molar-refractivity contribution in [1.82, 2.24) is 25.2 Å². The number of aromatic nitrogens is 5. The van der Waals surface area contributed by atoms with E-state index in [9.17, 15) is 13.6 Å². The maximum absolute atomic E-state index is 14.3. The Balaban J connectivity index is 1.89. The standard InChI is InChI=1S/C20H14F2N6O/c1-11(29)13-5-2-3-6-14(13)12-9-15(19(23)24-10-12)20-25-26-27-28(20)17-8-4-7-16(21)18(17)22/h2-10H,1H3,(H2,23,24). The number of anilines is 1. The fraction of sp³-hybridized carbons (Fsp3) is 0.0500. The predicted molar refractivity (Wildman–Crippen MR) is 102 cm³/mol. The highest BCUT2D eigenvalue weighted by Crippen LogP contribution is 2.31. The molecule has 144 valence electrons. The molecule has 2 aromatic carbocycles. The van der Waals surface area contributed by atoms with Crippen LogP contribution in [0.2, 0.25) is 0 Å². The average Bonchev–Trinajstić information content (AvgIpc) is 3.19. The molecule has 7 nitrogen and oxygen atoms in total. The molecule has 0 spiro atoms. The third kappa shape index (κ3) is 3.22. The van der Waals surface area contributed by atoms with E-state index in [1.165, 1.54) is 25.3 Å². The molecule has 9 heteroatoms. The lowest BCUT2D eigenvalue weighted by molar-refractivity contribution is 0.101. The molecule has 0 saturated carbocycles. The molecule has 29 heavy (non-hydrogen) atoms. The number of nitrogens with two attached hydrogens (primary N) is 1. The average molecular weight is 392 g/mol. The Hall–Kier alpha value is -4.01. The van der Waals surface area contributed by atoms with E-state index >= 15 is 0 Å². The Morgan fingerprint density at radius 3 is 2.66 bits per heavy atom. The van der Waals surface area contributed by atoms with Gasteiger partial charge in [-0.05, 0) is 41.1 Å². The molecule has 4 aromatic rings. The SMILES string of the molecule is CC(=O)c1ccccc1-c1cnc(N)c(-c2nnnn2-c2cccc(F)c2F)c1. The molecule has 0 aliphatic rings. The highest BCUT2D eigenvalue weighted by molar-refractivity contribution is 6.01. The first-order chi connectivity index (χ1) is 14.0. The second kappa shape index (κ2) is 7.19. The van der Waals surface area contributed by atoms with Crippen molar-refractivity contribution >= 4 is 11.6 Å². The first kappa shape index (κ1) is 18.4. The number of pyridine rings is 1. The maximum Gasteiger partial charge on any atom is 0.190 e. The molecule has 0 unspecified atom stereocenters. The van der Waals surface area contributed by atoms with Crippen LogP contribution in [-0.2, 0) is 0 Å². The van der Waals surface area contributed by atoms with Gasteiger partial charge >= 0.3 is 0 Å². The van der Waals surface area contributed by atoms with Crippen molar-refractivity contribution in [2.45, 2.75) is 6.92 Å². The van der Waals surface area contributed by atoms with E-state index in [2.05, 4.69) is 20.5 Å². The molecule has 0 aliphatic carbocycles. The number of Topliss-reactive ketones (excluding diaryl/α,β-unsaturated/α-hetero) is 1. The molecule has 4 rings (SSSR count). The van der Waals surface area contributed by atoms with Crippen LogP contribution >= 0.6 is 0 Å². The Bertz CT molecular complexity index is 1240. The summed E-state index contributed by atoms with van der Waals surface area (Å²) in [6.07, 6.45) is 1.53. The first-order valence-corrected chi connectivity index (χ1v) is 8.56. The summed E-state index contributed by atoms with van der Waals surface area (Å²) in [6, 6.07) is 12.4. The number of rotatable bonds is 4. The van der Waals surface area contributed by atoms with Crippen molar-refractivity contribution in [3.8, 4) is 28.2 Å². The van der Waals surface area contributed by atoms with Crippen LogP contribution in [0.25, 0.3) is 28.2 Å². The van der Waals surface area contributed by atoms with Gasteiger partial charge < -0.3 is 5.73 Å². The maximum atomic E-state index is 14.3. The Morgan fingerprint density at radius 2 is 1.86 bits per heavy atom. The highest BCUT2D eigenvalue weighted by atomic mass is 19.2. The zero-order valence-corrected chi connectivity index (χ0v) is 15.2. The molecule has 0 aliphatic heterocycles. The van der Waals surface area contributed by atoms with Crippen molar-refractivity contribution in [3.05, 3.63) is 71.9 Å². The minimum absolute atomic E-state index is 0.0849. The lowest BCUT2D eigenvalue weighted by Gasteiger charge is -2.11. The van der Waals surface area contributed by atoms with E-state index in [-0.39, 0.29) is 23.1 Å². The van der Waals surface area contributed by atoms with E-state index in [1.54, 1.807) is 30.3 Å². The Morgan fingerprint density at radius 1 is 1.07 bits per heavy atom. The molecular formula is C20H14F2N6O. The fourth-order valence-corrected chi connectivity index (χ4v) is 3.02. The minimum Gasteiger partial charge on any atom is -0.383 e. The second-order valence-electron chi connectivity index (χ2n) is 6.25. The van der Waals surface area contributed by atoms with Crippen molar-refractivity contribution in [1.29, 1.82) is 0 Å². The number of carbonyl (C=O) groups is 1. The number of carbonyl (C=O) groups excluding carboxylic acids is 1. The fourth-order valence-electron chi connectivity index (χ4n) is 3.02. The number of ketones is 1. The van der Waals surface area contributed by atoms with E-state index in [1.807, 2.05) is 0 Å². The van der Waals surface area contributed by atoms with Gasteiger partial charge in [0.15, 0.2) is 23.2 Å². The zero-order valence-electron chi connectivity index (χ0n) is 15.2. The van der Waals surface area contributed by atoms with Gasteiger partial charge in [-0.1, -0.05) is 30.3 Å². The van der Waals surface area contributed by atoms with Gasteiger partial charge in [-0.3, -0.25) is 4.79 Å². The van der Waals surface area contributed by atoms with E-state index < -0.39 is 11.6 Å². The Labute approximate surface area is 163 Å². The zero-order chi connectivity index (χ0) is 20.5. The summed E-state index contributed by atoms with van der Waals surface area (Å²) >= 11 is 0. The summed E-state index contributed by atoms with van der Waals surface area (Å²) < 4.78 is 29.0. The van der Waals surface area contributed by atoms with Crippen LogP contribution in [0.3, 0.4) is 0 Å². The van der Waals surface area contributed by atoms with Gasteiger partial charge in [-0.25, -0.2) is 13.8 Å². The number of halogens is 2. The molecule has 0 amide bonds. The van der Waals surface area contributed by atoms with Crippen LogP contribution in [-0.4, -0.2) is 31.0 Å². The molecular weight excluding hydrogens is 378 g/mol. The second-order valence-corrected chi connectivity index (χ2v) is 6.25. The molecule has 0 radical (unpaired) electrons. The third-order valence-electron chi connectivity index (χ3n) is 4.41. The summed E-state index contributed by atoms with van der Waals surface area (Å²) in [6.45, 7) is 1.47. The smallest absolute Gasteiger partial charge is 0.190 e. The van der Waals surface area contributed by atoms with Crippen LogP contribution in [0.15, 0.2) is 54.7 Å². The van der Waals surface area contributed by atoms with Crippen LogP contribution in [0.4, 0.5) is 14.6 Å². The number of nitrogens with zero attached hydrogens (tertiary/aromatic N) is 5. The van der Waals surface area contributed by atoms with Crippen LogP contribution in [0.1, 0.15) is 17.3 Å². The lowest BCUT2D eigenvalue weighted by Crippen LogP contribution is -2.06. The Kier molecular flexibility index (Phi) is 4.55.